The minimum atomic E-state index is -1.23. The summed E-state index contributed by atoms with van der Waals surface area (Å²) in [6.45, 7) is 0.466. The van der Waals surface area contributed by atoms with Gasteiger partial charge in [0.05, 0.1) is 16.6 Å². The number of Topliss-reactive ketones (excluding diaryl/α,β-unsaturated/α-hetero) is 1. The molecule has 0 aromatic carbocycles. The third kappa shape index (κ3) is 6.00. The number of hydrogen-bond donors (Lipinski definition) is 4. The molecule has 2 fully saturated rings. The van der Waals surface area contributed by atoms with Gasteiger partial charge in [0.25, 0.3) is 11.8 Å². The van der Waals surface area contributed by atoms with Crippen LogP contribution in [0.2, 0.25) is 5.02 Å². The molecular weight excluding hydrogens is 426 g/mol. The van der Waals surface area contributed by atoms with E-state index in [-0.39, 0.29) is 34.6 Å². The van der Waals surface area contributed by atoms with Gasteiger partial charge in [-0.1, -0.05) is 11.6 Å². The molecule has 31 heavy (non-hydrogen) atoms. The number of aromatic nitrogens is 1. The van der Waals surface area contributed by atoms with Gasteiger partial charge in [0, 0.05) is 32.1 Å². The number of carbonyl (C=O) groups excluding carboxylic acids is 5. The minimum Gasteiger partial charge on any atom is -0.356 e. The highest BCUT2D eigenvalue weighted by Crippen LogP contribution is 2.32. The van der Waals surface area contributed by atoms with Crippen molar-refractivity contribution in [3.8, 4) is 0 Å². The average molecular weight is 450 g/mol. The summed E-state index contributed by atoms with van der Waals surface area (Å²) in [5.41, 5.74) is -0.0396. The standard InChI is InChI=1S/C20H24ClN5O5/c1-22-20(31)16(28)14(7-11-4-5-23-18(11)29)25-19(30)13-8-12(21)9-24-17(13)26-15(27)6-10-2-3-10/h8-11,14H,2-7H2,1H3,(H,22,31)(H,23,29)(H,25,30)(H,24,26,27). The van der Waals surface area contributed by atoms with Crippen LogP contribution < -0.4 is 21.3 Å². The Morgan fingerprint density at radius 2 is 2.00 bits per heavy atom. The van der Waals surface area contributed by atoms with Crippen LogP contribution in [-0.4, -0.2) is 54.0 Å². The molecule has 2 atom stereocenters. The number of pyridine rings is 1. The zero-order valence-corrected chi connectivity index (χ0v) is 17.8. The lowest BCUT2D eigenvalue weighted by molar-refractivity contribution is -0.139. The van der Waals surface area contributed by atoms with E-state index in [2.05, 4.69) is 26.3 Å². The normalized spacial score (nSPS) is 18.6. The second-order valence-electron chi connectivity index (χ2n) is 7.73. The monoisotopic (exact) mass is 449 g/mol. The van der Waals surface area contributed by atoms with Gasteiger partial charge < -0.3 is 21.3 Å². The van der Waals surface area contributed by atoms with Crippen LogP contribution in [0, 0.1) is 11.8 Å². The molecule has 11 heteroatoms. The first-order valence-corrected chi connectivity index (χ1v) is 10.5. The number of rotatable bonds is 9. The van der Waals surface area contributed by atoms with Gasteiger partial charge in [-0.05, 0) is 37.7 Å². The summed E-state index contributed by atoms with van der Waals surface area (Å²) in [7, 11) is 1.30. The van der Waals surface area contributed by atoms with Gasteiger partial charge in [0.1, 0.15) is 5.82 Å². The Hall–Kier alpha value is -3.01. The van der Waals surface area contributed by atoms with Gasteiger partial charge in [0.2, 0.25) is 17.6 Å². The zero-order chi connectivity index (χ0) is 22.5. The molecule has 1 saturated carbocycles. The molecule has 1 saturated heterocycles. The number of ketones is 1. The zero-order valence-electron chi connectivity index (χ0n) is 17.0. The molecule has 1 aliphatic carbocycles. The fraction of sp³-hybridized carbons (Fsp3) is 0.500. The van der Waals surface area contributed by atoms with Crippen molar-refractivity contribution >= 4 is 46.8 Å². The lowest BCUT2D eigenvalue weighted by Crippen LogP contribution is -2.48. The molecule has 4 amide bonds. The topological polar surface area (TPSA) is 146 Å². The Balaban J connectivity index is 1.78. The average Bonchev–Trinajstić information content (AvgIpc) is 3.46. The Morgan fingerprint density at radius 3 is 2.61 bits per heavy atom. The highest BCUT2D eigenvalue weighted by molar-refractivity contribution is 6.38. The van der Waals surface area contributed by atoms with E-state index in [1.54, 1.807) is 0 Å². The van der Waals surface area contributed by atoms with Crippen LogP contribution in [0.5, 0.6) is 0 Å². The third-order valence-electron chi connectivity index (χ3n) is 5.28. The fourth-order valence-electron chi connectivity index (χ4n) is 3.38. The van der Waals surface area contributed by atoms with Crippen molar-refractivity contribution in [3.63, 3.8) is 0 Å². The second kappa shape index (κ2) is 9.86. The molecule has 1 aromatic heterocycles. The number of carbonyl (C=O) groups is 5. The Bertz CT molecular complexity index is 917. The summed E-state index contributed by atoms with van der Waals surface area (Å²) in [5, 5.41) is 10.2. The SMILES string of the molecule is CNC(=O)C(=O)C(CC1CCNC1=O)NC(=O)c1cc(Cl)cnc1NC(=O)CC1CC1. The van der Waals surface area contributed by atoms with Crippen molar-refractivity contribution < 1.29 is 24.0 Å². The second-order valence-corrected chi connectivity index (χ2v) is 8.16. The first-order chi connectivity index (χ1) is 14.8. The smallest absolute Gasteiger partial charge is 0.289 e. The van der Waals surface area contributed by atoms with Crippen LogP contribution in [0.3, 0.4) is 0 Å². The van der Waals surface area contributed by atoms with Crippen LogP contribution in [0.15, 0.2) is 12.3 Å². The van der Waals surface area contributed by atoms with Gasteiger partial charge in [-0.3, -0.25) is 24.0 Å². The van der Waals surface area contributed by atoms with Crippen LogP contribution in [0.4, 0.5) is 5.82 Å². The van der Waals surface area contributed by atoms with Gasteiger partial charge >= 0.3 is 0 Å². The molecule has 0 bridgehead atoms. The van der Waals surface area contributed by atoms with E-state index in [0.29, 0.717) is 25.3 Å². The molecule has 4 N–H and O–H groups in total. The predicted octanol–water partition coefficient (Wildman–Crippen LogP) is 0.413. The molecule has 1 aliphatic heterocycles. The number of amides is 4. The number of hydrogen-bond acceptors (Lipinski definition) is 6. The third-order valence-corrected chi connectivity index (χ3v) is 5.49. The van der Waals surface area contributed by atoms with Gasteiger partial charge in [-0.2, -0.15) is 0 Å². The van der Waals surface area contributed by atoms with Gasteiger partial charge in [-0.25, -0.2) is 4.98 Å². The van der Waals surface area contributed by atoms with E-state index in [4.69, 9.17) is 11.6 Å². The van der Waals surface area contributed by atoms with Crippen molar-refractivity contribution in [3.05, 3.63) is 22.8 Å². The highest BCUT2D eigenvalue weighted by Gasteiger charge is 2.34. The Labute approximate surface area is 183 Å². The maximum Gasteiger partial charge on any atom is 0.289 e. The minimum absolute atomic E-state index is 0.0114. The number of halogens is 1. The maximum atomic E-state index is 13.0. The fourth-order valence-corrected chi connectivity index (χ4v) is 3.54. The summed E-state index contributed by atoms with van der Waals surface area (Å²) in [6, 6.07) is 0.0932. The van der Waals surface area contributed by atoms with E-state index in [9.17, 15) is 24.0 Å². The van der Waals surface area contributed by atoms with Crippen molar-refractivity contribution in [2.75, 3.05) is 18.9 Å². The lowest BCUT2D eigenvalue weighted by Gasteiger charge is -2.20. The van der Waals surface area contributed by atoms with Crippen molar-refractivity contribution in [2.24, 2.45) is 11.8 Å². The number of nitrogens with one attached hydrogen (secondary N) is 4. The van der Waals surface area contributed by atoms with E-state index in [1.807, 2.05) is 0 Å². The van der Waals surface area contributed by atoms with Crippen molar-refractivity contribution in [1.29, 1.82) is 0 Å². The predicted molar refractivity (Wildman–Crippen MR) is 111 cm³/mol. The van der Waals surface area contributed by atoms with E-state index in [1.165, 1.54) is 19.3 Å². The van der Waals surface area contributed by atoms with Crippen molar-refractivity contribution in [1.82, 2.24) is 20.9 Å². The summed E-state index contributed by atoms with van der Waals surface area (Å²) in [6.07, 6.45) is 4.08. The number of nitrogens with zero attached hydrogens (tertiary/aromatic N) is 1. The molecule has 166 valence electrons. The van der Waals surface area contributed by atoms with Crippen LogP contribution in [0.1, 0.15) is 42.5 Å². The quantitative estimate of drug-likeness (QED) is 0.402. The van der Waals surface area contributed by atoms with Crippen LogP contribution in [-0.2, 0) is 19.2 Å². The first-order valence-electron chi connectivity index (χ1n) is 10.1. The van der Waals surface area contributed by atoms with E-state index in [0.717, 1.165) is 12.8 Å². The lowest BCUT2D eigenvalue weighted by atomic mass is 9.95. The van der Waals surface area contributed by atoms with Crippen LogP contribution >= 0.6 is 11.6 Å². The molecule has 0 spiro atoms. The maximum absolute atomic E-state index is 13.0. The Morgan fingerprint density at radius 1 is 1.26 bits per heavy atom. The molecule has 2 aliphatic rings. The molecule has 10 nitrogen and oxygen atoms in total. The van der Waals surface area contributed by atoms with Crippen molar-refractivity contribution in [2.45, 2.75) is 38.1 Å². The summed E-state index contributed by atoms with van der Waals surface area (Å²) in [5.74, 6) is -3.15. The molecular formula is C20H24ClN5O5. The molecule has 0 radical (unpaired) electrons. The molecule has 2 unspecified atom stereocenters. The van der Waals surface area contributed by atoms with Gasteiger partial charge in [-0.15, -0.1) is 0 Å². The molecule has 2 heterocycles. The molecule has 1 aromatic rings. The van der Waals surface area contributed by atoms with Gasteiger partial charge in [0.15, 0.2) is 0 Å². The number of likely N-dealkylation sites (N-methyl/N-ethyl adjacent to an activating group) is 1. The number of anilines is 1. The highest BCUT2D eigenvalue weighted by atomic mass is 35.5. The van der Waals surface area contributed by atoms with E-state index < -0.39 is 29.6 Å². The summed E-state index contributed by atoms with van der Waals surface area (Å²) < 4.78 is 0. The van der Waals surface area contributed by atoms with E-state index >= 15 is 0 Å². The summed E-state index contributed by atoms with van der Waals surface area (Å²) in [4.78, 5) is 65.5. The Kier molecular flexibility index (Phi) is 7.21. The van der Waals surface area contributed by atoms with Crippen LogP contribution in [0.25, 0.3) is 0 Å². The first kappa shape index (κ1) is 22.7. The largest absolute Gasteiger partial charge is 0.356 e. The molecule has 3 rings (SSSR count). The summed E-state index contributed by atoms with van der Waals surface area (Å²) >= 11 is 5.98.